The van der Waals surface area contributed by atoms with Crippen LogP contribution in [0.3, 0.4) is 0 Å². The molecule has 92 valence electrons. The van der Waals surface area contributed by atoms with E-state index in [2.05, 4.69) is 5.32 Å². The first kappa shape index (κ1) is 11.8. The predicted molar refractivity (Wildman–Crippen MR) is 65.1 cm³/mol. The van der Waals surface area contributed by atoms with Crippen molar-refractivity contribution in [3.8, 4) is 5.75 Å². The average Bonchev–Trinajstić information content (AvgIpc) is 2.30. The largest absolute Gasteiger partial charge is 0.508 e. The normalized spacial score (nSPS) is 16.5. The number of phenolic OH excluding ortho intramolecular Hbond substituents is 1. The number of nitrogens with one attached hydrogen (secondary N) is 1. The fourth-order valence-electron chi connectivity index (χ4n) is 2.07. The zero-order valence-corrected chi connectivity index (χ0v) is 9.69. The number of rotatable bonds is 2. The second-order valence-electron chi connectivity index (χ2n) is 4.34. The highest BCUT2D eigenvalue weighted by atomic mass is 16.6. The first-order valence-corrected chi connectivity index (χ1v) is 6.01. The predicted octanol–water partition coefficient (Wildman–Crippen LogP) is 3.27. The van der Waals surface area contributed by atoms with Crippen LogP contribution in [-0.4, -0.2) is 17.3 Å². The van der Waals surface area contributed by atoms with Gasteiger partial charge in [-0.1, -0.05) is 12.5 Å². The lowest BCUT2D eigenvalue weighted by molar-refractivity contribution is 0.0865. The molecule has 0 aliphatic heterocycles. The van der Waals surface area contributed by atoms with Gasteiger partial charge in [0.2, 0.25) is 0 Å². The van der Waals surface area contributed by atoms with Crippen molar-refractivity contribution in [3.05, 3.63) is 24.3 Å². The summed E-state index contributed by atoms with van der Waals surface area (Å²) in [4.78, 5) is 11.6. The minimum absolute atomic E-state index is 0.0426. The molecule has 2 N–H and O–H groups in total. The Hall–Kier alpha value is -1.71. The number of phenols is 1. The number of benzene rings is 1. The Labute approximate surface area is 101 Å². The monoisotopic (exact) mass is 235 g/mol. The summed E-state index contributed by atoms with van der Waals surface area (Å²) in [7, 11) is 0. The highest BCUT2D eigenvalue weighted by Gasteiger charge is 2.17. The molecule has 0 spiro atoms. The van der Waals surface area contributed by atoms with Crippen molar-refractivity contribution < 1.29 is 14.6 Å². The van der Waals surface area contributed by atoms with Gasteiger partial charge in [-0.3, -0.25) is 5.32 Å². The number of amides is 1. The SMILES string of the molecule is O=C(Nc1cccc(O)c1)OC1CCCCC1. The van der Waals surface area contributed by atoms with Crippen molar-refractivity contribution in [2.75, 3.05) is 5.32 Å². The third-order valence-electron chi connectivity index (χ3n) is 2.92. The summed E-state index contributed by atoms with van der Waals surface area (Å²) < 4.78 is 5.30. The molecule has 1 fully saturated rings. The minimum Gasteiger partial charge on any atom is -0.508 e. The summed E-state index contributed by atoms with van der Waals surface area (Å²) in [6, 6.07) is 6.42. The number of carbonyl (C=O) groups is 1. The Morgan fingerprint density at radius 1 is 1.29 bits per heavy atom. The molecule has 1 aliphatic rings. The maximum atomic E-state index is 11.6. The summed E-state index contributed by atoms with van der Waals surface area (Å²) in [5.41, 5.74) is 0.547. The highest BCUT2D eigenvalue weighted by molar-refractivity contribution is 5.84. The molecule has 1 aliphatic carbocycles. The Morgan fingerprint density at radius 3 is 2.76 bits per heavy atom. The van der Waals surface area contributed by atoms with E-state index in [4.69, 9.17) is 4.74 Å². The zero-order chi connectivity index (χ0) is 12.1. The van der Waals surface area contributed by atoms with E-state index < -0.39 is 6.09 Å². The summed E-state index contributed by atoms with van der Waals surface area (Å²) in [6.07, 6.45) is 4.99. The molecule has 1 saturated carbocycles. The van der Waals surface area contributed by atoms with E-state index in [1.165, 1.54) is 12.5 Å². The Kier molecular flexibility index (Phi) is 3.85. The average molecular weight is 235 g/mol. The van der Waals surface area contributed by atoms with Gasteiger partial charge in [0.05, 0.1) is 0 Å². The van der Waals surface area contributed by atoms with Crippen LogP contribution in [0, 0.1) is 0 Å². The number of aromatic hydroxyl groups is 1. The van der Waals surface area contributed by atoms with Crippen LogP contribution in [0.4, 0.5) is 10.5 Å². The Balaban J connectivity index is 1.84. The summed E-state index contributed by atoms with van der Waals surface area (Å²) in [5.74, 6) is 0.125. The third-order valence-corrected chi connectivity index (χ3v) is 2.92. The Morgan fingerprint density at radius 2 is 2.06 bits per heavy atom. The van der Waals surface area contributed by atoms with Crippen LogP contribution in [-0.2, 0) is 4.74 Å². The van der Waals surface area contributed by atoms with Crippen molar-refractivity contribution in [1.29, 1.82) is 0 Å². The second-order valence-corrected chi connectivity index (χ2v) is 4.34. The molecule has 4 heteroatoms. The van der Waals surface area contributed by atoms with Crippen LogP contribution in [0.2, 0.25) is 0 Å². The van der Waals surface area contributed by atoms with E-state index >= 15 is 0 Å². The van der Waals surface area contributed by atoms with Crippen molar-refractivity contribution in [1.82, 2.24) is 0 Å². The molecule has 0 aromatic heterocycles. The maximum absolute atomic E-state index is 11.6. The molecule has 0 bridgehead atoms. The van der Waals surface area contributed by atoms with E-state index in [0.29, 0.717) is 5.69 Å². The number of anilines is 1. The molecule has 1 aromatic rings. The van der Waals surface area contributed by atoms with Gasteiger partial charge in [-0.2, -0.15) is 0 Å². The van der Waals surface area contributed by atoms with Gasteiger partial charge in [-0.25, -0.2) is 4.79 Å². The van der Waals surface area contributed by atoms with Gasteiger partial charge in [0.25, 0.3) is 0 Å². The fraction of sp³-hybridized carbons (Fsp3) is 0.462. The van der Waals surface area contributed by atoms with Crippen molar-refractivity contribution >= 4 is 11.8 Å². The lowest BCUT2D eigenvalue weighted by Gasteiger charge is -2.21. The molecule has 1 amide bonds. The first-order chi connectivity index (χ1) is 8.24. The summed E-state index contributed by atoms with van der Waals surface area (Å²) >= 11 is 0. The molecule has 2 rings (SSSR count). The molecule has 0 unspecified atom stereocenters. The summed E-state index contributed by atoms with van der Waals surface area (Å²) in [5, 5.41) is 11.9. The van der Waals surface area contributed by atoms with Crippen LogP contribution in [0.1, 0.15) is 32.1 Å². The lowest BCUT2D eigenvalue weighted by Crippen LogP contribution is -2.24. The molecule has 17 heavy (non-hydrogen) atoms. The second kappa shape index (κ2) is 5.57. The molecule has 4 nitrogen and oxygen atoms in total. The molecule has 1 aromatic carbocycles. The first-order valence-electron chi connectivity index (χ1n) is 6.01. The maximum Gasteiger partial charge on any atom is 0.411 e. The van der Waals surface area contributed by atoms with Crippen LogP contribution >= 0.6 is 0 Å². The molecule has 0 heterocycles. The van der Waals surface area contributed by atoms with Gasteiger partial charge in [0.15, 0.2) is 0 Å². The number of carbonyl (C=O) groups excluding carboxylic acids is 1. The van der Waals surface area contributed by atoms with Crippen molar-refractivity contribution in [3.63, 3.8) is 0 Å². The van der Waals surface area contributed by atoms with Crippen LogP contribution in [0.5, 0.6) is 5.75 Å². The Bertz CT molecular complexity index is 386. The quantitative estimate of drug-likeness (QED) is 0.827. The highest BCUT2D eigenvalue weighted by Crippen LogP contribution is 2.21. The van der Waals surface area contributed by atoms with Crippen LogP contribution < -0.4 is 5.32 Å². The van der Waals surface area contributed by atoms with Gasteiger partial charge in [-0.05, 0) is 37.8 Å². The van der Waals surface area contributed by atoms with Gasteiger partial charge in [-0.15, -0.1) is 0 Å². The van der Waals surface area contributed by atoms with E-state index in [0.717, 1.165) is 25.7 Å². The topological polar surface area (TPSA) is 58.6 Å². The van der Waals surface area contributed by atoms with E-state index in [-0.39, 0.29) is 11.9 Å². The zero-order valence-electron chi connectivity index (χ0n) is 9.69. The van der Waals surface area contributed by atoms with Gasteiger partial charge in [0.1, 0.15) is 11.9 Å². The third kappa shape index (κ3) is 3.66. The van der Waals surface area contributed by atoms with E-state index in [1.54, 1.807) is 18.2 Å². The molecular weight excluding hydrogens is 218 g/mol. The van der Waals surface area contributed by atoms with Gasteiger partial charge < -0.3 is 9.84 Å². The molecule has 0 radical (unpaired) electrons. The van der Waals surface area contributed by atoms with Crippen LogP contribution in [0.25, 0.3) is 0 Å². The van der Waals surface area contributed by atoms with Crippen LogP contribution in [0.15, 0.2) is 24.3 Å². The smallest absolute Gasteiger partial charge is 0.411 e. The van der Waals surface area contributed by atoms with Gasteiger partial charge >= 0.3 is 6.09 Å². The minimum atomic E-state index is -0.442. The number of ether oxygens (including phenoxy) is 1. The molecule has 0 atom stereocenters. The standard InChI is InChI=1S/C13H17NO3/c15-11-6-4-5-10(9-11)14-13(16)17-12-7-2-1-3-8-12/h4-6,9,12,15H,1-3,7-8H2,(H,14,16). The van der Waals surface area contributed by atoms with Crippen molar-refractivity contribution in [2.24, 2.45) is 0 Å². The van der Waals surface area contributed by atoms with E-state index in [1.807, 2.05) is 0 Å². The summed E-state index contributed by atoms with van der Waals surface area (Å²) in [6.45, 7) is 0. The molecular formula is C13H17NO3. The number of hydrogen-bond acceptors (Lipinski definition) is 3. The van der Waals surface area contributed by atoms with Crippen molar-refractivity contribution in [2.45, 2.75) is 38.2 Å². The number of hydrogen-bond donors (Lipinski definition) is 2. The molecule has 0 saturated heterocycles. The fourth-order valence-corrected chi connectivity index (χ4v) is 2.07. The van der Waals surface area contributed by atoms with E-state index in [9.17, 15) is 9.90 Å². The lowest BCUT2D eigenvalue weighted by atomic mass is 9.98. The van der Waals surface area contributed by atoms with Gasteiger partial charge in [0, 0.05) is 11.8 Å².